The number of allylic oxidation sites excluding steroid dienone is 1. The van der Waals surface area contributed by atoms with Gasteiger partial charge >= 0.3 is 0 Å². The Hall–Kier alpha value is -3.26. The van der Waals surface area contributed by atoms with Crippen molar-refractivity contribution < 1.29 is 9.90 Å². The average molecular weight is 517 g/mol. The normalized spacial score (nSPS) is 16.9. The number of thiophene rings is 1. The minimum atomic E-state index is -0.368. The zero-order valence-corrected chi connectivity index (χ0v) is 22.6. The number of nitrogens with one attached hydrogen (secondary N) is 2. The fourth-order valence-electron chi connectivity index (χ4n) is 4.51. The van der Waals surface area contributed by atoms with Crippen molar-refractivity contribution in [3.05, 3.63) is 88.8 Å². The molecular weight excluding hydrogens is 480 g/mol. The molecule has 1 saturated heterocycles. The van der Waals surface area contributed by atoms with Crippen molar-refractivity contribution in [2.24, 2.45) is 4.99 Å². The van der Waals surface area contributed by atoms with Crippen LogP contribution >= 0.6 is 11.3 Å². The summed E-state index contributed by atoms with van der Waals surface area (Å²) in [5.41, 5.74) is 5.41. The lowest BCUT2D eigenvalue weighted by Gasteiger charge is -2.34. The maximum absolute atomic E-state index is 13.1. The van der Waals surface area contributed by atoms with Crippen molar-refractivity contribution in [3.8, 4) is 10.4 Å². The zero-order valence-electron chi connectivity index (χ0n) is 21.8. The number of aliphatic hydroxyl groups excluding tert-OH is 1. The summed E-state index contributed by atoms with van der Waals surface area (Å²) in [6.45, 7) is 10.7. The van der Waals surface area contributed by atoms with Gasteiger partial charge < -0.3 is 20.6 Å². The molecule has 1 aliphatic rings. The van der Waals surface area contributed by atoms with E-state index in [0.717, 1.165) is 63.9 Å². The first-order valence-corrected chi connectivity index (χ1v) is 13.6. The third kappa shape index (κ3) is 6.01. The molecule has 1 amide bonds. The van der Waals surface area contributed by atoms with Crippen LogP contribution < -0.4 is 10.6 Å². The summed E-state index contributed by atoms with van der Waals surface area (Å²) < 4.78 is 0. The van der Waals surface area contributed by atoms with Gasteiger partial charge in [0.15, 0.2) is 0 Å². The molecule has 7 heteroatoms. The van der Waals surface area contributed by atoms with E-state index in [1.807, 2.05) is 66.5 Å². The van der Waals surface area contributed by atoms with Crippen LogP contribution in [-0.4, -0.2) is 61.0 Å². The largest absolute Gasteiger partial charge is 0.394 e. The standard InChI is InChI=1S/C30H36N4O2S/c1-5-20(2)28(33-26(19-35)22-9-7-6-8-10-22)29-25(31-4)17-27(37-29)23-11-13-24(14-12-23)30(36)34-16-15-32-18-21(34)3/h6-14,17,21,26,31-32,35H,2,5,15-16,18-19H2,1,3-4H3. The summed E-state index contributed by atoms with van der Waals surface area (Å²) in [6.07, 6.45) is 0.753. The second kappa shape index (κ2) is 12.3. The van der Waals surface area contributed by atoms with Gasteiger partial charge in [-0.1, -0.05) is 56.0 Å². The first-order valence-electron chi connectivity index (χ1n) is 12.8. The van der Waals surface area contributed by atoms with Crippen LogP contribution in [0.2, 0.25) is 0 Å². The van der Waals surface area contributed by atoms with Gasteiger partial charge in [0.1, 0.15) is 0 Å². The van der Waals surface area contributed by atoms with E-state index in [1.165, 1.54) is 0 Å². The maximum atomic E-state index is 13.1. The highest BCUT2D eigenvalue weighted by Gasteiger charge is 2.24. The SMILES string of the molecule is C=C(CC)C(=NC(CO)c1ccccc1)c1sc(-c2ccc(C(=O)N3CCNCC3C)cc2)cc1NC. The molecule has 4 rings (SSSR count). The Kier molecular flexibility index (Phi) is 8.92. The first-order chi connectivity index (χ1) is 18.0. The summed E-state index contributed by atoms with van der Waals surface area (Å²) in [4.78, 5) is 22.1. The quantitative estimate of drug-likeness (QED) is 0.334. The van der Waals surface area contributed by atoms with E-state index in [2.05, 4.69) is 37.1 Å². The molecule has 3 N–H and O–H groups in total. The highest BCUT2D eigenvalue weighted by atomic mass is 32.1. The van der Waals surface area contributed by atoms with Crippen LogP contribution in [0.15, 0.2) is 77.8 Å². The molecule has 1 fully saturated rings. The van der Waals surface area contributed by atoms with E-state index in [9.17, 15) is 9.90 Å². The molecule has 1 aliphatic heterocycles. The van der Waals surface area contributed by atoms with E-state index in [1.54, 1.807) is 11.3 Å². The molecule has 2 heterocycles. The van der Waals surface area contributed by atoms with Gasteiger partial charge in [0.05, 0.1) is 28.9 Å². The summed E-state index contributed by atoms with van der Waals surface area (Å²) in [7, 11) is 1.90. The Morgan fingerprint density at radius 2 is 1.97 bits per heavy atom. The van der Waals surface area contributed by atoms with Crippen LogP contribution in [0.3, 0.4) is 0 Å². The van der Waals surface area contributed by atoms with E-state index in [0.29, 0.717) is 5.56 Å². The number of aliphatic imine (C=N–C) groups is 1. The number of carbonyl (C=O) groups is 1. The highest BCUT2D eigenvalue weighted by molar-refractivity contribution is 7.18. The second-order valence-electron chi connectivity index (χ2n) is 9.28. The van der Waals surface area contributed by atoms with Crippen molar-refractivity contribution >= 4 is 28.6 Å². The first kappa shape index (κ1) is 26.8. The molecule has 2 aromatic carbocycles. The second-order valence-corrected chi connectivity index (χ2v) is 10.3. The molecule has 2 unspecified atom stereocenters. The highest BCUT2D eigenvalue weighted by Crippen LogP contribution is 2.37. The number of anilines is 1. The van der Waals surface area contributed by atoms with Crippen LogP contribution in [0.25, 0.3) is 10.4 Å². The van der Waals surface area contributed by atoms with Gasteiger partial charge in [-0.3, -0.25) is 9.79 Å². The van der Waals surface area contributed by atoms with Crippen molar-refractivity contribution in [2.75, 3.05) is 38.6 Å². The number of aliphatic hydroxyl groups is 1. The Labute approximate surface area is 223 Å². The van der Waals surface area contributed by atoms with Gasteiger partial charge in [-0.05, 0) is 48.2 Å². The number of hydrogen-bond acceptors (Lipinski definition) is 6. The predicted octanol–water partition coefficient (Wildman–Crippen LogP) is 5.38. The number of hydrogen-bond donors (Lipinski definition) is 3. The van der Waals surface area contributed by atoms with E-state index in [4.69, 9.17) is 4.99 Å². The van der Waals surface area contributed by atoms with Crippen LogP contribution in [-0.2, 0) is 0 Å². The molecule has 0 saturated carbocycles. The molecule has 194 valence electrons. The molecule has 6 nitrogen and oxygen atoms in total. The molecule has 2 atom stereocenters. The minimum absolute atomic E-state index is 0.0768. The van der Waals surface area contributed by atoms with Crippen molar-refractivity contribution in [1.82, 2.24) is 10.2 Å². The van der Waals surface area contributed by atoms with Crippen LogP contribution in [0.5, 0.6) is 0 Å². The maximum Gasteiger partial charge on any atom is 0.254 e. The smallest absolute Gasteiger partial charge is 0.254 e. The Balaban J connectivity index is 1.66. The van der Waals surface area contributed by atoms with Crippen molar-refractivity contribution in [3.63, 3.8) is 0 Å². The Morgan fingerprint density at radius 3 is 2.59 bits per heavy atom. The summed E-state index contributed by atoms with van der Waals surface area (Å²) >= 11 is 1.64. The van der Waals surface area contributed by atoms with Crippen molar-refractivity contribution in [1.29, 1.82) is 0 Å². The van der Waals surface area contributed by atoms with Gasteiger partial charge in [-0.2, -0.15) is 0 Å². The third-order valence-corrected chi connectivity index (χ3v) is 7.99. The van der Waals surface area contributed by atoms with Gasteiger partial charge in [0.2, 0.25) is 0 Å². The molecule has 1 aromatic heterocycles. The number of carbonyl (C=O) groups excluding carboxylic acids is 1. The molecule has 0 aliphatic carbocycles. The lowest BCUT2D eigenvalue weighted by molar-refractivity contribution is 0.0656. The predicted molar refractivity (Wildman–Crippen MR) is 155 cm³/mol. The van der Waals surface area contributed by atoms with E-state index < -0.39 is 0 Å². The van der Waals surface area contributed by atoms with Gasteiger partial charge in [-0.15, -0.1) is 11.3 Å². The van der Waals surface area contributed by atoms with E-state index >= 15 is 0 Å². The summed E-state index contributed by atoms with van der Waals surface area (Å²) in [5.74, 6) is 0.0768. The topological polar surface area (TPSA) is 77.0 Å². The van der Waals surface area contributed by atoms with Gasteiger partial charge in [-0.25, -0.2) is 0 Å². The lowest BCUT2D eigenvalue weighted by atomic mass is 10.0. The molecule has 0 radical (unpaired) electrons. The Morgan fingerprint density at radius 1 is 1.24 bits per heavy atom. The fourth-order valence-corrected chi connectivity index (χ4v) is 5.73. The zero-order chi connectivity index (χ0) is 26.4. The fraction of sp³-hybridized carbons (Fsp3) is 0.333. The molecule has 0 bridgehead atoms. The third-order valence-electron chi connectivity index (χ3n) is 6.80. The number of piperazine rings is 1. The van der Waals surface area contributed by atoms with Crippen molar-refractivity contribution in [2.45, 2.75) is 32.4 Å². The monoisotopic (exact) mass is 516 g/mol. The minimum Gasteiger partial charge on any atom is -0.394 e. The Bertz CT molecular complexity index is 1250. The number of benzene rings is 2. The van der Waals surface area contributed by atoms with Crippen LogP contribution in [0.1, 0.15) is 47.1 Å². The van der Waals surface area contributed by atoms with Crippen LogP contribution in [0.4, 0.5) is 5.69 Å². The molecule has 3 aromatic rings. The van der Waals surface area contributed by atoms with Gasteiger partial charge in [0.25, 0.3) is 5.91 Å². The number of nitrogens with zero attached hydrogens (tertiary/aromatic N) is 2. The summed E-state index contributed by atoms with van der Waals surface area (Å²) in [6, 6.07) is 19.6. The molecular formula is C30H36N4O2S. The molecule has 37 heavy (non-hydrogen) atoms. The molecule has 0 spiro atoms. The van der Waals surface area contributed by atoms with E-state index in [-0.39, 0.29) is 24.6 Å². The lowest BCUT2D eigenvalue weighted by Crippen LogP contribution is -2.52. The number of rotatable bonds is 9. The summed E-state index contributed by atoms with van der Waals surface area (Å²) in [5, 5.41) is 16.8. The van der Waals surface area contributed by atoms with Gasteiger partial charge in [0, 0.05) is 43.2 Å². The van der Waals surface area contributed by atoms with Crippen LogP contribution in [0, 0.1) is 0 Å². The average Bonchev–Trinajstić information content (AvgIpc) is 3.38. The number of amides is 1.